The lowest BCUT2D eigenvalue weighted by molar-refractivity contribution is -0.119. The predicted octanol–water partition coefficient (Wildman–Crippen LogP) is 1.70. The molecule has 1 aliphatic carbocycles. The quantitative estimate of drug-likeness (QED) is 0.639. The van der Waals surface area contributed by atoms with Crippen LogP contribution in [0.15, 0.2) is 41.3 Å². The van der Waals surface area contributed by atoms with Crippen LogP contribution in [0.4, 0.5) is 0 Å². The third kappa shape index (κ3) is 4.12. The molecular weight excluding hydrogens is 272 g/mol. The zero-order valence-electron chi connectivity index (χ0n) is 11.0. The Bertz CT molecular complexity index is 534. The van der Waals surface area contributed by atoms with Crippen LogP contribution in [0, 0.1) is 17.2 Å². The van der Waals surface area contributed by atoms with E-state index in [1.165, 1.54) is 11.8 Å². The molecule has 1 amide bonds. The first-order valence-electron chi connectivity index (χ1n) is 6.43. The summed E-state index contributed by atoms with van der Waals surface area (Å²) in [4.78, 5) is 12.8. The molecule has 1 aliphatic rings. The fraction of sp³-hybridized carbons (Fsp3) is 0.333. The summed E-state index contributed by atoms with van der Waals surface area (Å²) in [7, 11) is 0. The lowest BCUT2D eigenvalue weighted by atomic mass is 10.1. The minimum atomic E-state index is -0.0207. The normalized spacial score (nSPS) is 20.6. The number of amides is 1. The third-order valence-corrected chi connectivity index (χ3v) is 4.12. The Morgan fingerprint density at radius 2 is 2.15 bits per heavy atom. The summed E-state index contributed by atoms with van der Waals surface area (Å²) in [6, 6.07) is 9.26. The van der Waals surface area contributed by atoms with Crippen molar-refractivity contribution in [1.29, 1.82) is 5.26 Å². The molecule has 0 radical (unpaired) electrons. The molecule has 0 aliphatic heterocycles. The first-order valence-corrected chi connectivity index (χ1v) is 7.41. The number of hydrogen-bond acceptors (Lipinski definition) is 4. The summed E-state index contributed by atoms with van der Waals surface area (Å²) >= 11 is 1.44. The second kappa shape index (κ2) is 7.13. The highest BCUT2D eigenvalue weighted by Gasteiger charge is 2.19. The first-order chi connectivity index (χ1) is 9.71. The van der Waals surface area contributed by atoms with Gasteiger partial charge >= 0.3 is 0 Å². The van der Waals surface area contributed by atoms with E-state index in [1.807, 2.05) is 24.3 Å². The summed E-state index contributed by atoms with van der Waals surface area (Å²) < 4.78 is 0. The molecule has 20 heavy (non-hydrogen) atoms. The molecule has 0 aromatic heterocycles. The van der Waals surface area contributed by atoms with Crippen molar-refractivity contribution in [2.75, 3.05) is 12.4 Å². The van der Waals surface area contributed by atoms with E-state index in [0.717, 1.165) is 11.3 Å². The monoisotopic (exact) mass is 288 g/mol. The van der Waals surface area contributed by atoms with Crippen LogP contribution in [0.25, 0.3) is 0 Å². The van der Waals surface area contributed by atoms with Crippen molar-refractivity contribution >= 4 is 17.7 Å². The second-order valence-electron chi connectivity index (χ2n) is 4.66. The molecule has 1 aromatic rings. The average Bonchev–Trinajstić information content (AvgIpc) is 2.93. The average molecular weight is 288 g/mol. The maximum absolute atomic E-state index is 11.8. The van der Waals surface area contributed by atoms with Gasteiger partial charge in [0.25, 0.3) is 0 Å². The molecule has 2 atom stereocenters. The number of carbonyl (C=O) groups excluding carboxylic acids is 1. The van der Waals surface area contributed by atoms with Crippen LogP contribution >= 0.6 is 11.8 Å². The minimum absolute atomic E-state index is 0.0207. The Labute approximate surface area is 122 Å². The van der Waals surface area contributed by atoms with Gasteiger partial charge in [0.15, 0.2) is 0 Å². The van der Waals surface area contributed by atoms with Gasteiger partial charge in [0.2, 0.25) is 5.91 Å². The number of carbonyl (C=O) groups is 1. The van der Waals surface area contributed by atoms with Crippen molar-refractivity contribution in [2.45, 2.75) is 17.4 Å². The highest BCUT2D eigenvalue weighted by molar-refractivity contribution is 8.00. The van der Waals surface area contributed by atoms with Crippen molar-refractivity contribution in [3.05, 3.63) is 42.0 Å². The van der Waals surface area contributed by atoms with E-state index < -0.39 is 0 Å². The number of benzene rings is 1. The summed E-state index contributed by atoms with van der Waals surface area (Å²) in [5, 5.41) is 20.7. The summed E-state index contributed by atoms with van der Waals surface area (Å²) in [6.45, 7) is 0.128. The molecule has 0 saturated carbocycles. The highest BCUT2D eigenvalue weighted by atomic mass is 32.2. The Hall–Kier alpha value is -1.77. The van der Waals surface area contributed by atoms with E-state index in [9.17, 15) is 4.79 Å². The maximum atomic E-state index is 11.8. The predicted molar refractivity (Wildman–Crippen MR) is 78.1 cm³/mol. The van der Waals surface area contributed by atoms with Gasteiger partial charge in [0.1, 0.15) is 0 Å². The zero-order chi connectivity index (χ0) is 14.4. The van der Waals surface area contributed by atoms with Crippen LogP contribution < -0.4 is 5.32 Å². The van der Waals surface area contributed by atoms with Crippen molar-refractivity contribution < 1.29 is 9.90 Å². The molecule has 0 heterocycles. The summed E-state index contributed by atoms with van der Waals surface area (Å²) in [6.07, 6.45) is 4.65. The van der Waals surface area contributed by atoms with Gasteiger partial charge in [-0.1, -0.05) is 12.2 Å². The van der Waals surface area contributed by atoms with Crippen LogP contribution in [0.2, 0.25) is 0 Å². The van der Waals surface area contributed by atoms with Crippen LogP contribution in [0.3, 0.4) is 0 Å². The zero-order valence-corrected chi connectivity index (χ0v) is 11.8. The highest BCUT2D eigenvalue weighted by Crippen LogP contribution is 2.19. The molecule has 5 heteroatoms. The molecule has 104 valence electrons. The van der Waals surface area contributed by atoms with Crippen LogP contribution in [0.1, 0.15) is 12.0 Å². The van der Waals surface area contributed by atoms with Gasteiger partial charge in [0, 0.05) is 23.5 Å². The lowest BCUT2D eigenvalue weighted by Gasteiger charge is -2.12. The SMILES string of the molecule is N#Cc1ccc(SCC(=O)N[C@@H]2C=C[C@H](CO)C2)cc1. The molecule has 0 spiro atoms. The lowest BCUT2D eigenvalue weighted by Crippen LogP contribution is -2.34. The van der Waals surface area contributed by atoms with Gasteiger partial charge in [-0.05, 0) is 30.7 Å². The molecule has 0 saturated heterocycles. The van der Waals surface area contributed by atoms with Gasteiger partial charge in [-0.2, -0.15) is 5.26 Å². The maximum Gasteiger partial charge on any atom is 0.230 e. The number of aliphatic hydroxyl groups excluding tert-OH is 1. The van der Waals surface area contributed by atoms with Gasteiger partial charge in [-0.3, -0.25) is 4.79 Å². The van der Waals surface area contributed by atoms with Gasteiger partial charge in [0.05, 0.1) is 17.4 Å². The van der Waals surface area contributed by atoms with Crippen LogP contribution in [-0.4, -0.2) is 29.4 Å². The number of aliphatic hydroxyl groups is 1. The minimum Gasteiger partial charge on any atom is -0.396 e. The fourth-order valence-corrected chi connectivity index (χ4v) is 2.75. The number of nitrogens with one attached hydrogen (secondary N) is 1. The van der Waals surface area contributed by atoms with E-state index in [2.05, 4.69) is 11.4 Å². The fourth-order valence-electron chi connectivity index (χ4n) is 2.04. The molecular formula is C15H16N2O2S. The smallest absolute Gasteiger partial charge is 0.230 e. The van der Waals surface area contributed by atoms with Crippen molar-refractivity contribution in [2.24, 2.45) is 5.92 Å². The third-order valence-electron chi connectivity index (χ3n) is 3.11. The number of rotatable bonds is 5. The van der Waals surface area contributed by atoms with Crippen molar-refractivity contribution in [3.63, 3.8) is 0 Å². The van der Waals surface area contributed by atoms with Crippen molar-refractivity contribution in [1.82, 2.24) is 5.32 Å². The standard InChI is InChI=1S/C15H16N2O2S/c16-8-11-2-5-14(6-3-11)20-10-15(19)17-13-4-1-12(7-13)9-18/h1-6,12-13,18H,7,9-10H2,(H,17,19)/t12-,13+/m0/s1. The number of hydrogen-bond donors (Lipinski definition) is 2. The largest absolute Gasteiger partial charge is 0.396 e. The van der Waals surface area contributed by atoms with Crippen LogP contribution in [0.5, 0.6) is 0 Å². The summed E-state index contributed by atoms with van der Waals surface area (Å²) in [5.41, 5.74) is 0.616. The molecule has 0 unspecified atom stereocenters. The molecule has 4 nitrogen and oxygen atoms in total. The van der Waals surface area contributed by atoms with Gasteiger partial charge in [-0.15, -0.1) is 11.8 Å². The molecule has 2 N–H and O–H groups in total. The molecule has 0 bridgehead atoms. The second-order valence-corrected chi connectivity index (χ2v) is 5.71. The number of thioether (sulfide) groups is 1. The van der Waals surface area contributed by atoms with Gasteiger partial charge in [-0.25, -0.2) is 0 Å². The van der Waals surface area contributed by atoms with Crippen LogP contribution in [-0.2, 0) is 4.79 Å². The molecule has 2 rings (SSSR count). The Morgan fingerprint density at radius 3 is 2.75 bits per heavy atom. The Balaban J connectivity index is 1.75. The van der Waals surface area contributed by atoms with E-state index in [0.29, 0.717) is 11.3 Å². The van der Waals surface area contributed by atoms with E-state index in [4.69, 9.17) is 10.4 Å². The van der Waals surface area contributed by atoms with E-state index >= 15 is 0 Å². The topological polar surface area (TPSA) is 73.1 Å². The van der Waals surface area contributed by atoms with E-state index in [-0.39, 0.29) is 24.5 Å². The number of nitrogens with zero attached hydrogens (tertiary/aromatic N) is 1. The van der Waals surface area contributed by atoms with Gasteiger partial charge < -0.3 is 10.4 Å². The van der Waals surface area contributed by atoms with E-state index in [1.54, 1.807) is 12.1 Å². The molecule has 1 aromatic carbocycles. The molecule has 0 fully saturated rings. The Kier molecular flexibility index (Phi) is 5.22. The first kappa shape index (κ1) is 14.6. The summed E-state index contributed by atoms with van der Waals surface area (Å²) in [5.74, 6) is 0.485. The Morgan fingerprint density at radius 1 is 1.40 bits per heavy atom. The number of nitriles is 1. The van der Waals surface area contributed by atoms with Crippen molar-refractivity contribution in [3.8, 4) is 6.07 Å².